The summed E-state index contributed by atoms with van der Waals surface area (Å²) in [6, 6.07) is 6.74. The van der Waals surface area contributed by atoms with Gasteiger partial charge in [-0.1, -0.05) is 17.3 Å². The third kappa shape index (κ3) is 4.02. The van der Waals surface area contributed by atoms with E-state index < -0.39 is 17.5 Å². The number of benzene rings is 1. The molecule has 0 radical (unpaired) electrons. The van der Waals surface area contributed by atoms with Crippen LogP contribution in [0.4, 0.5) is 13.2 Å². The van der Waals surface area contributed by atoms with Crippen molar-refractivity contribution < 1.29 is 27.2 Å². The third-order valence-corrected chi connectivity index (χ3v) is 6.07. The third-order valence-electron chi connectivity index (χ3n) is 6.07. The molecule has 0 bridgehead atoms. The number of aromatic nitrogens is 2. The van der Waals surface area contributed by atoms with Gasteiger partial charge in [0.25, 0.3) is 0 Å². The molecule has 8 nitrogen and oxygen atoms in total. The molecule has 1 saturated heterocycles. The van der Waals surface area contributed by atoms with Crippen LogP contribution in [0.5, 0.6) is 5.75 Å². The number of nitriles is 1. The van der Waals surface area contributed by atoms with E-state index in [1.165, 1.54) is 6.07 Å². The summed E-state index contributed by atoms with van der Waals surface area (Å²) in [7, 11) is 1.96. The summed E-state index contributed by atoms with van der Waals surface area (Å²) in [5, 5.41) is 13.3. The first kappa shape index (κ1) is 22.1. The smallest absolute Gasteiger partial charge is 0.471 e. The average Bonchev–Trinajstić information content (AvgIpc) is 3.21. The van der Waals surface area contributed by atoms with Gasteiger partial charge in [-0.25, -0.2) is 0 Å². The number of halogens is 3. The van der Waals surface area contributed by atoms with E-state index in [0.717, 1.165) is 0 Å². The Labute approximate surface area is 182 Å². The molecular weight excluding hydrogens is 427 g/mol. The van der Waals surface area contributed by atoms with E-state index in [0.29, 0.717) is 42.8 Å². The molecule has 2 aliphatic heterocycles. The van der Waals surface area contributed by atoms with Crippen LogP contribution in [0.15, 0.2) is 22.7 Å². The molecule has 0 N–H and O–H groups in total. The van der Waals surface area contributed by atoms with Crippen LogP contribution >= 0.6 is 0 Å². The van der Waals surface area contributed by atoms with Gasteiger partial charge in [0, 0.05) is 17.7 Å². The molecule has 1 aromatic carbocycles. The Morgan fingerprint density at radius 1 is 1.31 bits per heavy atom. The highest BCUT2D eigenvalue weighted by Gasteiger charge is 2.45. The van der Waals surface area contributed by atoms with Gasteiger partial charge in [0.05, 0.1) is 12.1 Å². The lowest BCUT2D eigenvalue weighted by Crippen LogP contribution is -2.51. The van der Waals surface area contributed by atoms with E-state index >= 15 is 0 Å². The number of carbonyl (C=O) groups is 1. The van der Waals surface area contributed by atoms with Crippen molar-refractivity contribution in [2.24, 2.45) is 5.41 Å². The van der Waals surface area contributed by atoms with Crippen molar-refractivity contribution in [2.75, 3.05) is 26.7 Å². The van der Waals surface area contributed by atoms with E-state index in [-0.39, 0.29) is 30.9 Å². The van der Waals surface area contributed by atoms with Crippen molar-refractivity contribution in [3.05, 3.63) is 29.7 Å². The Balaban J connectivity index is 1.59. The van der Waals surface area contributed by atoms with Gasteiger partial charge < -0.3 is 19.1 Å². The molecule has 0 unspecified atom stereocenters. The van der Waals surface area contributed by atoms with Gasteiger partial charge in [-0.2, -0.15) is 23.4 Å². The summed E-state index contributed by atoms with van der Waals surface area (Å²) < 4.78 is 48.4. The van der Waals surface area contributed by atoms with E-state index in [9.17, 15) is 23.2 Å². The molecule has 11 heteroatoms. The van der Waals surface area contributed by atoms with Crippen LogP contribution in [-0.4, -0.2) is 58.6 Å². The summed E-state index contributed by atoms with van der Waals surface area (Å²) in [5.41, 5.74) is -0.0737. The van der Waals surface area contributed by atoms with Crippen LogP contribution in [-0.2, 0) is 17.5 Å². The standard InChI is InChI=1S/C21H22F3N5O3/c1-13-11-31-16-9-14(17-26-18(32-27-17)21(22,23)24)3-4-15(16)10-29(13)19(30)20(12-25)5-7-28(2)8-6-20/h3-4,9,13H,5-8,10-11H2,1-2H3/t13-/m0/s1. The molecule has 1 atom stereocenters. The van der Waals surface area contributed by atoms with Crippen molar-refractivity contribution in [2.45, 2.75) is 38.5 Å². The Bertz CT molecular complexity index is 1050. The SMILES string of the molecule is C[C@H]1COc2cc(-c3noc(C(F)(F)F)n3)ccc2CN1C(=O)C1(C#N)CCN(C)CC1. The Kier molecular flexibility index (Phi) is 5.58. The highest BCUT2D eigenvalue weighted by molar-refractivity contribution is 5.86. The topological polar surface area (TPSA) is 95.5 Å². The number of alkyl halides is 3. The molecule has 0 spiro atoms. The number of piperidine rings is 1. The zero-order valence-electron chi connectivity index (χ0n) is 17.6. The van der Waals surface area contributed by atoms with Gasteiger partial charge in [-0.15, -0.1) is 0 Å². The van der Waals surface area contributed by atoms with Gasteiger partial charge in [0.1, 0.15) is 17.8 Å². The molecule has 2 aliphatic rings. The fourth-order valence-electron chi connectivity index (χ4n) is 3.97. The fourth-order valence-corrected chi connectivity index (χ4v) is 3.97. The number of fused-ring (bicyclic) bond motifs is 1. The lowest BCUT2D eigenvalue weighted by molar-refractivity contribution is -0.159. The Morgan fingerprint density at radius 2 is 2.03 bits per heavy atom. The van der Waals surface area contributed by atoms with Gasteiger partial charge >= 0.3 is 12.1 Å². The Hall–Kier alpha value is -3.13. The number of hydrogen-bond acceptors (Lipinski definition) is 7. The summed E-state index contributed by atoms with van der Waals surface area (Å²) in [4.78, 5) is 20.6. The number of hydrogen-bond donors (Lipinski definition) is 0. The minimum atomic E-state index is -4.73. The van der Waals surface area contributed by atoms with E-state index in [1.54, 1.807) is 17.0 Å². The van der Waals surface area contributed by atoms with Crippen molar-refractivity contribution in [3.63, 3.8) is 0 Å². The number of rotatable bonds is 2. The first-order valence-electron chi connectivity index (χ1n) is 10.2. The minimum absolute atomic E-state index is 0.184. The summed E-state index contributed by atoms with van der Waals surface area (Å²) in [6.45, 7) is 3.60. The van der Waals surface area contributed by atoms with Crippen molar-refractivity contribution >= 4 is 5.91 Å². The van der Waals surface area contributed by atoms with Crippen molar-refractivity contribution in [1.29, 1.82) is 5.26 Å². The quantitative estimate of drug-likeness (QED) is 0.695. The summed E-state index contributed by atoms with van der Waals surface area (Å²) >= 11 is 0. The molecule has 3 heterocycles. The predicted octanol–water partition coefficient (Wildman–Crippen LogP) is 3.10. The zero-order valence-corrected chi connectivity index (χ0v) is 17.6. The maximum atomic E-state index is 13.5. The van der Waals surface area contributed by atoms with Gasteiger partial charge in [-0.05, 0) is 46.0 Å². The van der Waals surface area contributed by atoms with Crippen molar-refractivity contribution in [1.82, 2.24) is 19.9 Å². The van der Waals surface area contributed by atoms with Crippen LogP contribution in [0.2, 0.25) is 0 Å². The van der Waals surface area contributed by atoms with Crippen molar-refractivity contribution in [3.8, 4) is 23.2 Å². The fraction of sp³-hybridized carbons (Fsp3) is 0.524. The molecule has 0 saturated carbocycles. The monoisotopic (exact) mass is 449 g/mol. The minimum Gasteiger partial charge on any atom is -0.491 e. The number of nitrogens with zero attached hydrogens (tertiary/aromatic N) is 5. The largest absolute Gasteiger partial charge is 0.491 e. The normalized spacial score (nSPS) is 21.2. The molecule has 1 fully saturated rings. The molecule has 4 rings (SSSR count). The maximum absolute atomic E-state index is 13.5. The second-order valence-electron chi connectivity index (χ2n) is 8.33. The van der Waals surface area contributed by atoms with Gasteiger partial charge in [0.2, 0.25) is 11.7 Å². The second-order valence-corrected chi connectivity index (χ2v) is 8.33. The maximum Gasteiger partial charge on any atom is 0.471 e. The van der Waals surface area contributed by atoms with Crippen LogP contribution in [0.25, 0.3) is 11.4 Å². The highest BCUT2D eigenvalue weighted by atomic mass is 19.4. The van der Waals surface area contributed by atoms with Crippen LogP contribution in [0, 0.1) is 16.7 Å². The van der Waals surface area contributed by atoms with Gasteiger partial charge in [-0.3, -0.25) is 4.79 Å². The number of amides is 1. The number of carbonyl (C=O) groups excluding carboxylic acids is 1. The van der Waals surface area contributed by atoms with Gasteiger partial charge in [0.15, 0.2) is 0 Å². The highest BCUT2D eigenvalue weighted by Crippen LogP contribution is 2.37. The molecular formula is C21H22F3N5O3. The van der Waals surface area contributed by atoms with E-state index in [1.807, 2.05) is 14.0 Å². The summed E-state index contributed by atoms with van der Waals surface area (Å²) in [6.07, 6.45) is -3.80. The lowest BCUT2D eigenvalue weighted by Gasteiger charge is -2.39. The molecule has 170 valence electrons. The first-order chi connectivity index (χ1) is 15.1. The number of likely N-dealkylation sites (tertiary alicyclic amines) is 1. The Morgan fingerprint density at radius 3 is 2.66 bits per heavy atom. The lowest BCUT2D eigenvalue weighted by atomic mass is 9.78. The predicted molar refractivity (Wildman–Crippen MR) is 105 cm³/mol. The molecule has 1 amide bonds. The number of ether oxygens (including phenoxy) is 1. The zero-order chi connectivity index (χ0) is 23.1. The molecule has 1 aromatic heterocycles. The van der Waals surface area contributed by atoms with Crippen LogP contribution in [0.3, 0.4) is 0 Å². The second kappa shape index (κ2) is 8.09. The first-order valence-corrected chi connectivity index (χ1v) is 10.2. The molecule has 2 aromatic rings. The van der Waals surface area contributed by atoms with Crippen LogP contribution < -0.4 is 4.74 Å². The van der Waals surface area contributed by atoms with E-state index in [4.69, 9.17) is 4.74 Å². The average molecular weight is 449 g/mol. The summed E-state index contributed by atoms with van der Waals surface area (Å²) in [5.74, 6) is -1.41. The molecule has 32 heavy (non-hydrogen) atoms. The van der Waals surface area contributed by atoms with Crippen LogP contribution in [0.1, 0.15) is 31.2 Å². The van der Waals surface area contributed by atoms with E-state index in [2.05, 4.69) is 25.6 Å². The molecule has 0 aliphatic carbocycles.